The highest BCUT2D eigenvalue weighted by Gasteiger charge is 2.33. The second kappa shape index (κ2) is 5.89. The molecular weight excluding hydrogens is 316 g/mol. The van der Waals surface area contributed by atoms with Crippen LogP contribution < -0.4 is 10.0 Å². The SMILES string of the molecule is CC1(C)CC(=O)Nc2ccc(S(=O)(=O)NCC3CCCO3)cc21. The first-order valence-electron chi connectivity index (χ1n) is 7.84. The Balaban J connectivity index is 1.84. The van der Waals surface area contributed by atoms with Crippen molar-refractivity contribution in [1.29, 1.82) is 0 Å². The molecule has 2 heterocycles. The number of hydrogen-bond acceptors (Lipinski definition) is 4. The summed E-state index contributed by atoms with van der Waals surface area (Å²) in [6, 6.07) is 4.85. The van der Waals surface area contributed by atoms with E-state index in [4.69, 9.17) is 4.74 Å². The first-order chi connectivity index (χ1) is 10.8. The van der Waals surface area contributed by atoms with Crippen molar-refractivity contribution in [2.75, 3.05) is 18.5 Å². The van der Waals surface area contributed by atoms with Crippen LogP contribution in [-0.2, 0) is 25.0 Å². The minimum Gasteiger partial charge on any atom is -0.377 e. The Morgan fingerprint density at radius 3 is 2.87 bits per heavy atom. The van der Waals surface area contributed by atoms with Crippen LogP contribution >= 0.6 is 0 Å². The van der Waals surface area contributed by atoms with Crippen molar-refractivity contribution in [3.63, 3.8) is 0 Å². The molecule has 1 saturated heterocycles. The van der Waals surface area contributed by atoms with Gasteiger partial charge in [-0.15, -0.1) is 0 Å². The van der Waals surface area contributed by atoms with Gasteiger partial charge in [0.2, 0.25) is 15.9 Å². The number of amides is 1. The molecule has 1 aromatic rings. The number of rotatable bonds is 4. The maximum absolute atomic E-state index is 12.5. The minimum absolute atomic E-state index is 0.0434. The Morgan fingerprint density at radius 2 is 2.17 bits per heavy atom. The second-order valence-electron chi connectivity index (χ2n) is 6.80. The summed E-state index contributed by atoms with van der Waals surface area (Å²) in [5.41, 5.74) is 1.14. The van der Waals surface area contributed by atoms with Crippen LogP contribution in [0.25, 0.3) is 0 Å². The minimum atomic E-state index is -3.59. The largest absolute Gasteiger partial charge is 0.377 e. The highest BCUT2D eigenvalue weighted by molar-refractivity contribution is 7.89. The lowest BCUT2D eigenvalue weighted by atomic mass is 9.78. The summed E-state index contributed by atoms with van der Waals surface area (Å²) in [5.74, 6) is -0.0467. The summed E-state index contributed by atoms with van der Waals surface area (Å²) in [6.45, 7) is 4.88. The lowest BCUT2D eigenvalue weighted by Gasteiger charge is -2.32. The molecule has 1 unspecified atom stereocenters. The van der Waals surface area contributed by atoms with Gasteiger partial charge >= 0.3 is 0 Å². The molecule has 0 aromatic heterocycles. The van der Waals surface area contributed by atoms with Gasteiger partial charge < -0.3 is 10.1 Å². The molecule has 1 aromatic carbocycles. The highest BCUT2D eigenvalue weighted by atomic mass is 32.2. The zero-order valence-electron chi connectivity index (χ0n) is 13.4. The Kier molecular flexibility index (Phi) is 4.20. The lowest BCUT2D eigenvalue weighted by Crippen LogP contribution is -2.34. The Morgan fingerprint density at radius 1 is 1.39 bits per heavy atom. The zero-order valence-corrected chi connectivity index (χ0v) is 14.2. The second-order valence-corrected chi connectivity index (χ2v) is 8.57. The summed E-state index contributed by atoms with van der Waals surface area (Å²) < 4.78 is 33.1. The van der Waals surface area contributed by atoms with Gasteiger partial charge in [-0.2, -0.15) is 0 Å². The van der Waals surface area contributed by atoms with Crippen molar-refractivity contribution in [3.8, 4) is 0 Å². The molecule has 0 radical (unpaired) electrons. The number of anilines is 1. The van der Waals surface area contributed by atoms with E-state index in [1.807, 2.05) is 13.8 Å². The number of sulfonamides is 1. The van der Waals surface area contributed by atoms with Gasteiger partial charge in [-0.05, 0) is 36.6 Å². The molecule has 0 saturated carbocycles. The van der Waals surface area contributed by atoms with Crippen LogP contribution in [0.3, 0.4) is 0 Å². The maximum Gasteiger partial charge on any atom is 0.240 e. The van der Waals surface area contributed by atoms with Crippen LogP contribution in [0.1, 0.15) is 38.7 Å². The third-order valence-corrected chi connectivity index (χ3v) is 5.85. The summed E-state index contributed by atoms with van der Waals surface area (Å²) in [7, 11) is -3.59. The van der Waals surface area contributed by atoms with E-state index in [0.717, 1.165) is 18.4 Å². The lowest BCUT2D eigenvalue weighted by molar-refractivity contribution is -0.117. The van der Waals surface area contributed by atoms with Gasteiger partial charge in [0, 0.05) is 30.7 Å². The van der Waals surface area contributed by atoms with Gasteiger partial charge in [0.25, 0.3) is 0 Å². The van der Waals surface area contributed by atoms with Crippen molar-refractivity contribution in [1.82, 2.24) is 4.72 Å². The molecule has 23 heavy (non-hydrogen) atoms. The third kappa shape index (κ3) is 3.41. The molecule has 2 N–H and O–H groups in total. The molecule has 7 heteroatoms. The van der Waals surface area contributed by atoms with Crippen molar-refractivity contribution >= 4 is 21.6 Å². The Labute approximate surface area is 136 Å². The van der Waals surface area contributed by atoms with Crippen LogP contribution in [0.5, 0.6) is 0 Å². The summed E-state index contributed by atoms with van der Waals surface area (Å²) in [6.07, 6.45) is 2.15. The molecule has 1 fully saturated rings. The summed E-state index contributed by atoms with van der Waals surface area (Å²) >= 11 is 0. The number of benzene rings is 1. The quantitative estimate of drug-likeness (QED) is 0.876. The number of carbonyl (C=O) groups is 1. The number of hydrogen-bond donors (Lipinski definition) is 2. The van der Waals surface area contributed by atoms with E-state index in [9.17, 15) is 13.2 Å². The van der Waals surface area contributed by atoms with Crippen LogP contribution in [0.2, 0.25) is 0 Å². The Hall–Kier alpha value is -1.44. The molecular formula is C16H22N2O4S. The normalized spacial score (nSPS) is 23.4. The van der Waals surface area contributed by atoms with Crippen LogP contribution in [-0.4, -0.2) is 33.6 Å². The number of ether oxygens (including phenoxy) is 1. The van der Waals surface area contributed by atoms with Crippen LogP contribution in [0, 0.1) is 0 Å². The van der Waals surface area contributed by atoms with Crippen molar-refractivity contribution in [2.45, 2.75) is 49.5 Å². The number of nitrogens with one attached hydrogen (secondary N) is 2. The molecule has 2 aliphatic rings. The molecule has 1 amide bonds. The van der Waals surface area contributed by atoms with Gasteiger partial charge in [0.1, 0.15) is 0 Å². The molecule has 2 aliphatic heterocycles. The van der Waals surface area contributed by atoms with Gasteiger partial charge in [-0.1, -0.05) is 13.8 Å². The smallest absolute Gasteiger partial charge is 0.240 e. The van der Waals surface area contributed by atoms with Gasteiger partial charge in [0.05, 0.1) is 11.0 Å². The number of carbonyl (C=O) groups excluding carboxylic acids is 1. The fourth-order valence-corrected chi connectivity index (χ4v) is 4.23. The van der Waals surface area contributed by atoms with E-state index in [-0.39, 0.29) is 16.9 Å². The van der Waals surface area contributed by atoms with Gasteiger partial charge in [-0.3, -0.25) is 4.79 Å². The van der Waals surface area contributed by atoms with E-state index < -0.39 is 15.4 Å². The van der Waals surface area contributed by atoms with E-state index in [1.165, 1.54) is 6.07 Å². The van der Waals surface area contributed by atoms with E-state index in [0.29, 0.717) is 25.3 Å². The topological polar surface area (TPSA) is 84.5 Å². The average molecular weight is 338 g/mol. The van der Waals surface area contributed by atoms with Crippen LogP contribution in [0.4, 0.5) is 5.69 Å². The summed E-state index contributed by atoms with van der Waals surface area (Å²) in [5, 5.41) is 2.80. The maximum atomic E-state index is 12.5. The molecule has 3 rings (SSSR count). The first kappa shape index (κ1) is 16.4. The molecule has 1 atom stereocenters. The van der Waals surface area contributed by atoms with E-state index in [1.54, 1.807) is 12.1 Å². The van der Waals surface area contributed by atoms with Gasteiger partial charge in [-0.25, -0.2) is 13.1 Å². The third-order valence-electron chi connectivity index (χ3n) is 4.43. The van der Waals surface area contributed by atoms with Crippen molar-refractivity contribution in [2.24, 2.45) is 0 Å². The van der Waals surface area contributed by atoms with Crippen molar-refractivity contribution in [3.05, 3.63) is 23.8 Å². The van der Waals surface area contributed by atoms with E-state index >= 15 is 0 Å². The monoisotopic (exact) mass is 338 g/mol. The number of fused-ring (bicyclic) bond motifs is 1. The van der Waals surface area contributed by atoms with E-state index in [2.05, 4.69) is 10.0 Å². The van der Waals surface area contributed by atoms with Crippen LogP contribution in [0.15, 0.2) is 23.1 Å². The van der Waals surface area contributed by atoms with Gasteiger partial charge in [0.15, 0.2) is 0 Å². The zero-order chi connectivity index (χ0) is 16.7. The fourth-order valence-electron chi connectivity index (χ4n) is 3.14. The molecule has 0 bridgehead atoms. The predicted molar refractivity (Wildman–Crippen MR) is 86.9 cm³/mol. The highest BCUT2D eigenvalue weighted by Crippen LogP contribution is 2.38. The van der Waals surface area contributed by atoms with Crippen molar-refractivity contribution < 1.29 is 17.9 Å². The first-order valence-corrected chi connectivity index (χ1v) is 9.32. The molecule has 6 nitrogen and oxygen atoms in total. The average Bonchev–Trinajstić information content (AvgIpc) is 2.97. The fraction of sp³-hybridized carbons (Fsp3) is 0.562. The molecule has 0 spiro atoms. The molecule has 0 aliphatic carbocycles. The standard InChI is InChI=1S/C16H22N2O4S/c1-16(2)9-15(19)18-14-6-5-12(8-13(14)16)23(20,21)17-10-11-4-3-7-22-11/h5-6,8,11,17H,3-4,7,9-10H2,1-2H3,(H,18,19). The predicted octanol–water partition coefficient (Wildman–Crippen LogP) is 1.76. The molecule has 126 valence electrons. The summed E-state index contributed by atoms with van der Waals surface area (Å²) in [4.78, 5) is 11.9. The Bertz CT molecular complexity index is 722.